The Bertz CT molecular complexity index is 1010. The number of rotatable bonds is 3. The molecule has 2 aromatic carbocycles. The van der Waals surface area contributed by atoms with Crippen LogP contribution in [0.25, 0.3) is 0 Å². The van der Waals surface area contributed by atoms with E-state index in [-0.39, 0.29) is 5.91 Å². The van der Waals surface area contributed by atoms with Crippen LogP contribution in [0.4, 0.5) is 11.5 Å². The third-order valence-electron chi connectivity index (χ3n) is 3.88. The Hall–Kier alpha value is -2.97. The van der Waals surface area contributed by atoms with Gasteiger partial charge in [-0.25, -0.2) is 9.97 Å². The summed E-state index contributed by atoms with van der Waals surface area (Å²) in [6.45, 7) is 0.501. The third-order valence-corrected chi connectivity index (χ3v) is 5.20. The van der Waals surface area contributed by atoms with Crippen LogP contribution in [0, 0.1) is 0 Å². The molecule has 0 aliphatic carbocycles. The van der Waals surface area contributed by atoms with E-state index < -0.39 is 0 Å². The van der Waals surface area contributed by atoms with E-state index in [1.54, 1.807) is 36.3 Å². The van der Waals surface area contributed by atoms with Crippen molar-refractivity contribution in [3.05, 3.63) is 72.1 Å². The zero-order valence-corrected chi connectivity index (χ0v) is 15.7. The van der Waals surface area contributed by atoms with E-state index >= 15 is 0 Å². The molecule has 2 heterocycles. The van der Waals surface area contributed by atoms with Gasteiger partial charge in [0, 0.05) is 29.4 Å². The predicted molar refractivity (Wildman–Crippen MR) is 109 cm³/mol. The van der Waals surface area contributed by atoms with Crippen LogP contribution in [-0.4, -0.2) is 21.0 Å². The Morgan fingerprint density at radius 1 is 1.11 bits per heavy atom. The number of hydrogen-bond donors (Lipinski definition) is 3. The van der Waals surface area contributed by atoms with Crippen LogP contribution >= 0.6 is 24.0 Å². The average Bonchev–Trinajstić information content (AvgIpc) is 2.71. The van der Waals surface area contributed by atoms with Gasteiger partial charge in [-0.15, -0.1) is 0 Å². The lowest BCUT2D eigenvalue weighted by Crippen LogP contribution is -2.38. The highest BCUT2D eigenvalue weighted by atomic mass is 32.2. The second-order valence-corrected chi connectivity index (χ2v) is 7.21. The number of thiocarbonyl (C=S) groups is 1. The number of amides is 1. The van der Waals surface area contributed by atoms with Gasteiger partial charge in [-0.3, -0.25) is 10.1 Å². The minimum absolute atomic E-state index is 0.230. The second kappa shape index (κ2) is 7.73. The normalized spacial score (nSPS) is 11.6. The molecule has 134 valence electrons. The summed E-state index contributed by atoms with van der Waals surface area (Å²) in [5, 5.41) is 10.2. The molecular weight excluding hydrogens is 378 g/mol. The van der Waals surface area contributed by atoms with Gasteiger partial charge < -0.3 is 10.6 Å². The van der Waals surface area contributed by atoms with E-state index in [9.17, 15) is 4.79 Å². The molecule has 3 N–H and O–H groups in total. The number of aromatic nitrogens is 2. The van der Waals surface area contributed by atoms with Crippen LogP contribution in [0.15, 0.2) is 70.8 Å². The molecule has 1 aliphatic rings. The predicted octanol–water partition coefficient (Wildman–Crippen LogP) is 3.49. The third kappa shape index (κ3) is 4.07. The van der Waals surface area contributed by atoms with E-state index in [0.717, 1.165) is 27.0 Å². The molecule has 0 saturated heterocycles. The number of hydrogen-bond acceptors (Lipinski definition) is 6. The molecule has 4 rings (SSSR count). The highest BCUT2D eigenvalue weighted by Crippen LogP contribution is 2.41. The van der Waals surface area contributed by atoms with Crippen LogP contribution in [0.5, 0.6) is 0 Å². The standard InChI is InChI=1S/C19H15N5OS2/c25-17(13-4-2-1-3-5-13)24-19(26)22-11-12-6-7-15-14(10-12)23-16-18(27-15)21-9-8-20-16/h1-10H,11H2,(H,20,23)(H2,22,24,25,26). The fourth-order valence-corrected chi connectivity index (χ4v) is 3.63. The maximum absolute atomic E-state index is 12.1. The molecule has 27 heavy (non-hydrogen) atoms. The largest absolute Gasteiger partial charge is 0.358 e. The molecule has 0 spiro atoms. The topological polar surface area (TPSA) is 78.9 Å². The minimum atomic E-state index is -0.230. The van der Waals surface area contributed by atoms with Gasteiger partial charge in [0.05, 0.1) is 5.69 Å². The van der Waals surface area contributed by atoms with Crippen molar-refractivity contribution in [2.45, 2.75) is 16.5 Å². The summed E-state index contributed by atoms with van der Waals surface area (Å²) in [5.74, 6) is 0.526. The maximum Gasteiger partial charge on any atom is 0.257 e. The van der Waals surface area contributed by atoms with Crippen LogP contribution < -0.4 is 16.0 Å². The first-order valence-corrected chi connectivity index (χ1v) is 9.44. The van der Waals surface area contributed by atoms with E-state index in [0.29, 0.717) is 17.2 Å². The van der Waals surface area contributed by atoms with E-state index in [1.807, 2.05) is 36.4 Å². The van der Waals surface area contributed by atoms with Gasteiger partial charge in [0.25, 0.3) is 5.91 Å². The Balaban J connectivity index is 1.37. The number of carbonyl (C=O) groups is 1. The zero-order chi connectivity index (χ0) is 18.6. The lowest BCUT2D eigenvalue weighted by atomic mass is 10.2. The van der Waals surface area contributed by atoms with Gasteiger partial charge in [0.15, 0.2) is 10.9 Å². The molecule has 0 radical (unpaired) electrons. The van der Waals surface area contributed by atoms with Crippen LogP contribution in [0.1, 0.15) is 15.9 Å². The Morgan fingerprint density at radius 3 is 2.78 bits per heavy atom. The Morgan fingerprint density at radius 2 is 1.93 bits per heavy atom. The summed E-state index contributed by atoms with van der Waals surface area (Å²) in [5.41, 5.74) is 2.58. The summed E-state index contributed by atoms with van der Waals surface area (Å²) >= 11 is 6.80. The van der Waals surface area contributed by atoms with E-state index in [4.69, 9.17) is 12.2 Å². The van der Waals surface area contributed by atoms with Crippen molar-refractivity contribution in [3.63, 3.8) is 0 Å². The van der Waals surface area contributed by atoms with Crippen molar-refractivity contribution < 1.29 is 4.79 Å². The van der Waals surface area contributed by atoms with Crippen molar-refractivity contribution in [1.29, 1.82) is 0 Å². The van der Waals surface area contributed by atoms with Crippen LogP contribution in [0.3, 0.4) is 0 Å². The number of fused-ring (bicyclic) bond motifs is 2. The summed E-state index contributed by atoms with van der Waals surface area (Å²) < 4.78 is 0. The molecule has 0 atom stereocenters. The first-order chi connectivity index (χ1) is 13.2. The maximum atomic E-state index is 12.1. The van der Waals surface area contributed by atoms with Gasteiger partial charge in [-0.1, -0.05) is 36.0 Å². The van der Waals surface area contributed by atoms with Crippen LogP contribution in [-0.2, 0) is 6.54 Å². The van der Waals surface area contributed by atoms with Gasteiger partial charge in [-0.05, 0) is 42.0 Å². The molecule has 0 unspecified atom stereocenters. The van der Waals surface area contributed by atoms with E-state index in [1.165, 1.54) is 0 Å². The van der Waals surface area contributed by atoms with Gasteiger partial charge >= 0.3 is 0 Å². The fourth-order valence-electron chi connectivity index (χ4n) is 2.58. The van der Waals surface area contributed by atoms with Crippen molar-refractivity contribution in [3.8, 4) is 0 Å². The van der Waals surface area contributed by atoms with Gasteiger partial charge in [-0.2, -0.15) is 0 Å². The van der Waals surface area contributed by atoms with Crippen molar-refractivity contribution in [2.24, 2.45) is 0 Å². The quantitative estimate of drug-likeness (QED) is 0.460. The molecule has 1 aromatic heterocycles. The molecular formula is C19H15N5OS2. The molecule has 8 heteroatoms. The second-order valence-electron chi connectivity index (χ2n) is 5.77. The molecule has 1 amide bonds. The lowest BCUT2D eigenvalue weighted by molar-refractivity contribution is 0.0976. The summed E-state index contributed by atoms with van der Waals surface area (Å²) in [4.78, 5) is 21.8. The minimum Gasteiger partial charge on any atom is -0.358 e. The van der Waals surface area contributed by atoms with Gasteiger partial charge in [0.2, 0.25) is 0 Å². The monoisotopic (exact) mass is 393 g/mol. The first kappa shape index (κ1) is 17.4. The lowest BCUT2D eigenvalue weighted by Gasteiger charge is -2.19. The van der Waals surface area contributed by atoms with Crippen molar-refractivity contribution in [2.75, 3.05) is 5.32 Å². The average molecular weight is 393 g/mol. The summed E-state index contributed by atoms with van der Waals surface area (Å²) in [7, 11) is 0. The Kier molecular flexibility index (Phi) is 4.99. The number of nitrogens with one attached hydrogen (secondary N) is 3. The molecule has 1 aliphatic heterocycles. The summed E-state index contributed by atoms with van der Waals surface area (Å²) in [6, 6.07) is 15.1. The number of benzene rings is 2. The molecule has 3 aromatic rings. The van der Waals surface area contributed by atoms with Crippen molar-refractivity contribution in [1.82, 2.24) is 20.6 Å². The first-order valence-electron chi connectivity index (χ1n) is 8.22. The zero-order valence-electron chi connectivity index (χ0n) is 14.1. The SMILES string of the molecule is O=C(NC(=S)NCc1ccc2c(c1)Nc1nccnc1S2)c1ccccc1. The highest BCUT2D eigenvalue weighted by Gasteiger charge is 2.17. The molecule has 6 nitrogen and oxygen atoms in total. The molecule has 0 bridgehead atoms. The smallest absolute Gasteiger partial charge is 0.257 e. The van der Waals surface area contributed by atoms with Crippen molar-refractivity contribution >= 4 is 46.5 Å². The number of carbonyl (C=O) groups excluding carboxylic acids is 1. The fraction of sp³-hybridized carbons (Fsp3) is 0.0526. The highest BCUT2D eigenvalue weighted by molar-refractivity contribution is 7.99. The summed E-state index contributed by atoms with van der Waals surface area (Å²) in [6.07, 6.45) is 3.35. The van der Waals surface area contributed by atoms with Gasteiger partial charge in [0.1, 0.15) is 5.03 Å². The molecule has 0 fully saturated rings. The number of anilines is 2. The number of nitrogens with zero attached hydrogens (tertiary/aromatic N) is 2. The van der Waals surface area contributed by atoms with E-state index in [2.05, 4.69) is 25.9 Å². The van der Waals surface area contributed by atoms with Crippen LogP contribution in [0.2, 0.25) is 0 Å². The molecule has 0 saturated carbocycles. The Labute approximate surface area is 165 Å².